The van der Waals surface area contributed by atoms with Crippen LogP contribution in [0.15, 0.2) is 36.4 Å². The first kappa shape index (κ1) is 8.83. The molecule has 0 amide bonds. The third kappa shape index (κ3) is 1.17. The zero-order valence-corrected chi connectivity index (χ0v) is 8.58. The second-order valence-electron chi connectivity index (χ2n) is 3.49. The average Bonchev–Trinajstić information content (AvgIpc) is 2.61. The standard InChI is InChI=1S/C12H8O2S/c13-15(14)11-7-9-5-1-3-8-4-2-6-10(11)12(8)9/h1-7H,(H,13,14)/p-1. The van der Waals surface area contributed by atoms with Crippen LogP contribution in [0.3, 0.4) is 0 Å². The highest BCUT2D eigenvalue weighted by Crippen LogP contribution is 2.37. The van der Waals surface area contributed by atoms with Crippen molar-refractivity contribution in [2.75, 3.05) is 0 Å². The first-order valence-corrected chi connectivity index (χ1v) is 5.68. The maximum Gasteiger partial charge on any atom is 0.0333 e. The van der Waals surface area contributed by atoms with Gasteiger partial charge in [-0.2, -0.15) is 0 Å². The second kappa shape index (κ2) is 3.02. The van der Waals surface area contributed by atoms with Gasteiger partial charge in [-0.3, -0.25) is 4.21 Å². The largest absolute Gasteiger partial charge is 0.768 e. The van der Waals surface area contributed by atoms with Crippen LogP contribution in [-0.4, -0.2) is 8.76 Å². The van der Waals surface area contributed by atoms with Gasteiger partial charge >= 0.3 is 0 Å². The zero-order valence-electron chi connectivity index (χ0n) is 7.77. The van der Waals surface area contributed by atoms with Crippen LogP contribution in [0.2, 0.25) is 0 Å². The molecule has 0 spiro atoms. The molecule has 0 bridgehead atoms. The van der Waals surface area contributed by atoms with Crippen LogP contribution in [0.1, 0.15) is 11.1 Å². The maximum atomic E-state index is 11.0. The van der Waals surface area contributed by atoms with Crippen molar-refractivity contribution in [3.05, 3.63) is 47.5 Å². The minimum absolute atomic E-state index is 0.391. The van der Waals surface area contributed by atoms with Gasteiger partial charge in [0.15, 0.2) is 0 Å². The van der Waals surface area contributed by atoms with Crippen molar-refractivity contribution in [2.24, 2.45) is 0 Å². The molecule has 0 heterocycles. The lowest BCUT2D eigenvalue weighted by Gasteiger charge is -2.07. The van der Waals surface area contributed by atoms with Crippen molar-refractivity contribution < 1.29 is 8.76 Å². The van der Waals surface area contributed by atoms with E-state index in [2.05, 4.69) is 0 Å². The van der Waals surface area contributed by atoms with Gasteiger partial charge in [0.2, 0.25) is 0 Å². The molecule has 0 radical (unpaired) electrons. The van der Waals surface area contributed by atoms with Crippen LogP contribution >= 0.6 is 0 Å². The Morgan fingerprint density at radius 2 is 1.80 bits per heavy atom. The molecular formula is C12H7O2S-. The molecule has 3 rings (SSSR count). The fourth-order valence-electron chi connectivity index (χ4n) is 2.05. The maximum absolute atomic E-state index is 11.0. The molecule has 0 N–H and O–H groups in total. The van der Waals surface area contributed by atoms with Crippen molar-refractivity contribution in [3.8, 4) is 0 Å². The first-order chi connectivity index (χ1) is 7.27. The van der Waals surface area contributed by atoms with Crippen molar-refractivity contribution in [1.82, 2.24) is 0 Å². The topological polar surface area (TPSA) is 40.1 Å². The summed E-state index contributed by atoms with van der Waals surface area (Å²) in [6.45, 7) is 0. The third-order valence-corrected chi connectivity index (χ3v) is 3.37. The van der Waals surface area contributed by atoms with Crippen LogP contribution in [-0.2, 0) is 11.1 Å². The van der Waals surface area contributed by atoms with Gasteiger partial charge in [-0.1, -0.05) is 36.4 Å². The lowest BCUT2D eigenvalue weighted by molar-refractivity contribution is 0.548. The Morgan fingerprint density at radius 3 is 2.53 bits per heavy atom. The molecule has 74 valence electrons. The van der Waals surface area contributed by atoms with E-state index in [1.807, 2.05) is 36.4 Å². The summed E-state index contributed by atoms with van der Waals surface area (Å²) in [7, 11) is 0. The van der Waals surface area contributed by atoms with Crippen LogP contribution in [0.5, 0.6) is 0 Å². The summed E-state index contributed by atoms with van der Waals surface area (Å²) in [5.74, 6) is 0. The molecule has 2 aromatic rings. The van der Waals surface area contributed by atoms with Gasteiger partial charge in [-0.15, -0.1) is 0 Å². The molecule has 0 saturated heterocycles. The second-order valence-corrected chi connectivity index (χ2v) is 4.40. The molecule has 0 saturated carbocycles. The summed E-state index contributed by atoms with van der Waals surface area (Å²) in [6.07, 6.45) is 1.72. The smallest absolute Gasteiger partial charge is 0.0333 e. The van der Waals surface area contributed by atoms with E-state index in [0.717, 1.165) is 21.9 Å². The fraction of sp³-hybridized carbons (Fsp3) is 0. The highest BCUT2D eigenvalue weighted by molar-refractivity contribution is 7.89. The Morgan fingerprint density at radius 1 is 1.07 bits per heavy atom. The highest BCUT2D eigenvalue weighted by atomic mass is 32.2. The summed E-state index contributed by atoms with van der Waals surface area (Å²) in [4.78, 5) is 0.391. The SMILES string of the molecule is O=S([O-])C1=Cc2cccc3cccc1c23. The van der Waals surface area contributed by atoms with Gasteiger partial charge in [0, 0.05) is 4.91 Å². The van der Waals surface area contributed by atoms with E-state index in [0.29, 0.717) is 4.91 Å². The monoisotopic (exact) mass is 215 g/mol. The molecule has 1 aliphatic carbocycles. The van der Waals surface area contributed by atoms with Crippen LogP contribution in [0.25, 0.3) is 21.8 Å². The number of hydrogen-bond acceptors (Lipinski definition) is 2. The Kier molecular flexibility index (Phi) is 1.78. The van der Waals surface area contributed by atoms with Crippen molar-refractivity contribution >= 4 is 32.8 Å². The Bertz CT molecular complexity index is 609. The zero-order chi connectivity index (χ0) is 10.4. The van der Waals surface area contributed by atoms with E-state index in [-0.39, 0.29) is 0 Å². The molecular weight excluding hydrogens is 208 g/mol. The van der Waals surface area contributed by atoms with Gasteiger partial charge in [0.05, 0.1) is 0 Å². The van der Waals surface area contributed by atoms with Crippen molar-refractivity contribution in [3.63, 3.8) is 0 Å². The van der Waals surface area contributed by atoms with Crippen LogP contribution < -0.4 is 0 Å². The van der Waals surface area contributed by atoms with Gasteiger partial charge in [-0.25, -0.2) is 0 Å². The van der Waals surface area contributed by atoms with E-state index in [1.165, 1.54) is 0 Å². The van der Waals surface area contributed by atoms with Crippen molar-refractivity contribution in [2.45, 2.75) is 0 Å². The molecule has 1 unspecified atom stereocenters. The van der Waals surface area contributed by atoms with Crippen LogP contribution in [0, 0.1) is 0 Å². The summed E-state index contributed by atoms with van der Waals surface area (Å²) in [5, 5.41) is 2.13. The predicted molar refractivity (Wildman–Crippen MR) is 60.7 cm³/mol. The van der Waals surface area contributed by atoms with Crippen LogP contribution in [0.4, 0.5) is 0 Å². The summed E-state index contributed by atoms with van der Waals surface area (Å²) in [5.41, 5.74) is 1.80. The highest BCUT2D eigenvalue weighted by Gasteiger charge is 2.15. The first-order valence-electron chi connectivity index (χ1n) is 4.60. The number of benzene rings is 2. The van der Waals surface area contributed by atoms with Gasteiger partial charge in [0.25, 0.3) is 0 Å². The summed E-state index contributed by atoms with van der Waals surface area (Å²) in [6, 6.07) is 11.6. The minimum atomic E-state index is -2.16. The number of hydrogen-bond donors (Lipinski definition) is 0. The molecule has 0 aliphatic heterocycles. The summed E-state index contributed by atoms with van der Waals surface area (Å²) >= 11 is -2.16. The summed E-state index contributed by atoms with van der Waals surface area (Å²) < 4.78 is 22.1. The van der Waals surface area contributed by atoms with Gasteiger partial charge < -0.3 is 4.55 Å². The van der Waals surface area contributed by atoms with Crippen molar-refractivity contribution in [1.29, 1.82) is 0 Å². The Labute approximate surface area is 89.5 Å². The molecule has 1 aliphatic rings. The quantitative estimate of drug-likeness (QED) is 0.686. The third-order valence-electron chi connectivity index (χ3n) is 2.67. The van der Waals surface area contributed by atoms with E-state index < -0.39 is 11.1 Å². The number of rotatable bonds is 1. The molecule has 3 heteroatoms. The minimum Gasteiger partial charge on any atom is -0.768 e. The van der Waals surface area contributed by atoms with E-state index in [1.54, 1.807) is 6.08 Å². The van der Waals surface area contributed by atoms with E-state index in [4.69, 9.17) is 0 Å². The van der Waals surface area contributed by atoms with E-state index in [9.17, 15) is 8.76 Å². The molecule has 2 aromatic carbocycles. The average molecular weight is 215 g/mol. The van der Waals surface area contributed by atoms with Gasteiger partial charge in [0.1, 0.15) is 0 Å². The molecule has 0 fully saturated rings. The molecule has 2 nitrogen and oxygen atoms in total. The Balaban J connectivity index is 2.45. The molecule has 15 heavy (non-hydrogen) atoms. The van der Waals surface area contributed by atoms with Gasteiger partial charge in [-0.05, 0) is 39.1 Å². The predicted octanol–water partition coefficient (Wildman–Crippen LogP) is 2.53. The lowest BCUT2D eigenvalue weighted by Crippen LogP contribution is -1.89. The molecule has 1 atom stereocenters. The van der Waals surface area contributed by atoms with E-state index >= 15 is 0 Å². The normalized spacial score (nSPS) is 15.4. The molecule has 0 aromatic heterocycles. The fourth-order valence-corrected chi connectivity index (χ4v) is 2.63. The lowest BCUT2D eigenvalue weighted by atomic mass is 10.0. The Hall–Kier alpha value is -1.45.